The van der Waals surface area contributed by atoms with Gasteiger partial charge in [-0.15, -0.1) is 0 Å². The zero-order valence-corrected chi connectivity index (χ0v) is 10.9. The molecule has 0 fully saturated rings. The van der Waals surface area contributed by atoms with E-state index in [9.17, 15) is 9.90 Å². The van der Waals surface area contributed by atoms with E-state index in [1.807, 2.05) is 18.2 Å². The Bertz CT molecular complexity index is 394. The van der Waals surface area contributed by atoms with Crippen LogP contribution in [0.25, 0.3) is 0 Å². The first-order chi connectivity index (χ1) is 7.41. The van der Waals surface area contributed by atoms with Crippen molar-refractivity contribution in [1.82, 2.24) is 0 Å². The summed E-state index contributed by atoms with van der Waals surface area (Å²) in [6.07, 6.45) is -0.585. The minimum absolute atomic E-state index is 0.121. The van der Waals surface area contributed by atoms with Crippen molar-refractivity contribution in [3.05, 3.63) is 28.2 Å². The lowest BCUT2D eigenvalue weighted by Crippen LogP contribution is -2.31. The van der Waals surface area contributed by atoms with Gasteiger partial charge in [0.1, 0.15) is 0 Å². The van der Waals surface area contributed by atoms with E-state index in [0.717, 1.165) is 15.7 Å². The van der Waals surface area contributed by atoms with Crippen LogP contribution in [0.1, 0.15) is 18.6 Å². The van der Waals surface area contributed by atoms with Crippen LogP contribution in [0, 0.1) is 0 Å². The SMILES string of the molecule is CC(O)c1ccc(Br)cc1N(C)CC(N)=O. The van der Waals surface area contributed by atoms with Gasteiger partial charge in [0.2, 0.25) is 5.91 Å². The normalized spacial score (nSPS) is 12.2. The highest BCUT2D eigenvalue weighted by Gasteiger charge is 2.13. The number of nitrogens with two attached hydrogens (primary N) is 1. The molecule has 0 aliphatic heterocycles. The van der Waals surface area contributed by atoms with Gasteiger partial charge in [-0.25, -0.2) is 0 Å². The molecule has 3 N–H and O–H groups in total. The molecular formula is C11H15BrN2O2. The molecule has 1 atom stereocenters. The number of likely N-dealkylation sites (N-methyl/N-ethyl adjacent to an activating group) is 1. The smallest absolute Gasteiger partial charge is 0.236 e. The van der Waals surface area contributed by atoms with Crippen molar-refractivity contribution in [3.63, 3.8) is 0 Å². The van der Waals surface area contributed by atoms with Crippen LogP contribution in [0.5, 0.6) is 0 Å². The van der Waals surface area contributed by atoms with Crippen molar-refractivity contribution in [2.45, 2.75) is 13.0 Å². The highest BCUT2D eigenvalue weighted by molar-refractivity contribution is 9.10. The fraction of sp³-hybridized carbons (Fsp3) is 0.364. The number of benzene rings is 1. The van der Waals surface area contributed by atoms with Gasteiger partial charge in [-0.1, -0.05) is 22.0 Å². The van der Waals surface area contributed by atoms with Crippen LogP contribution in [0.4, 0.5) is 5.69 Å². The number of aliphatic hydroxyl groups is 1. The standard InChI is InChI=1S/C11H15BrN2O2/c1-7(15)9-4-3-8(12)5-10(9)14(2)6-11(13)16/h3-5,7,15H,6H2,1-2H3,(H2,13,16). The molecule has 1 unspecified atom stereocenters. The number of hydrogen-bond donors (Lipinski definition) is 2. The summed E-state index contributed by atoms with van der Waals surface area (Å²) in [6.45, 7) is 1.81. The predicted octanol–water partition coefficient (Wildman–Crippen LogP) is 1.42. The van der Waals surface area contributed by atoms with Crippen molar-refractivity contribution >= 4 is 27.5 Å². The van der Waals surface area contributed by atoms with E-state index in [1.54, 1.807) is 18.9 Å². The Morgan fingerprint density at radius 3 is 2.75 bits per heavy atom. The quantitative estimate of drug-likeness (QED) is 0.880. The fourth-order valence-corrected chi connectivity index (χ4v) is 1.87. The van der Waals surface area contributed by atoms with E-state index >= 15 is 0 Å². The number of hydrogen-bond acceptors (Lipinski definition) is 3. The number of rotatable bonds is 4. The van der Waals surface area contributed by atoms with E-state index in [0.29, 0.717) is 0 Å². The molecule has 0 radical (unpaired) electrons. The van der Waals surface area contributed by atoms with Crippen LogP contribution in [0.3, 0.4) is 0 Å². The summed E-state index contributed by atoms with van der Waals surface area (Å²) in [5.74, 6) is -0.404. The summed E-state index contributed by atoms with van der Waals surface area (Å²) in [5, 5.41) is 9.62. The highest BCUT2D eigenvalue weighted by Crippen LogP contribution is 2.28. The third-order valence-electron chi connectivity index (χ3n) is 2.25. The molecule has 5 heteroatoms. The molecule has 0 saturated carbocycles. The molecule has 0 spiro atoms. The number of primary amides is 1. The van der Waals surface area contributed by atoms with Crippen molar-refractivity contribution in [1.29, 1.82) is 0 Å². The number of aliphatic hydroxyl groups excluding tert-OH is 1. The Balaban J connectivity index is 3.08. The fourth-order valence-electron chi connectivity index (χ4n) is 1.52. The number of carbonyl (C=O) groups is 1. The number of nitrogens with zero attached hydrogens (tertiary/aromatic N) is 1. The van der Waals surface area contributed by atoms with Crippen molar-refractivity contribution in [3.8, 4) is 0 Å². The van der Waals surface area contributed by atoms with E-state index in [-0.39, 0.29) is 6.54 Å². The molecular weight excluding hydrogens is 272 g/mol. The van der Waals surface area contributed by atoms with Gasteiger partial charge in [-0.05, 0) is 19.1 Å². The maximum Gasteiger partial charge on any atom is 0.236 e. The van der Waals surface area contributed by atoms with E-state index < -0.39 is 12.0 Å². The number of amides is 1. The molecule has 1 amide bonds. The molecule has 0 saturated heterocycles. The number of halogens is 1. The molecule has 0 heterocycles. The predicted molar refractivity (Wildman–Crippen MR) is 67.2 cm³/mol. The molecule has 88 valence electrons. The number of anilines is 1. The summed E-state index contributed by atoms with van der Waals surface area (Å²) in [7, 11) is 1.76. The van der Waals surface area contributed by atoms with Crippen LogP contribution in [-0.2, 0) is 4.79 Å². The second-order valence-electron chi connectivity index (χ2n) is 3.70. The summed E-state index contributed by atoms with van der Waals surface area (Å²) in [6, 6.07) is 5.52. The Morgan fingerprint density at radius 1 is 1.62 bits per heavy atom. The Kier molecular flexibility index (Phi) is 4.32. The van der Waals surface area contributed by atoms with Gasteiger partial charge < -0.3 is 15.7 Å². The maximum absolute atomic E-state index is 10.9. The summed E-state index contributed by atoms with van der Waals surface area (Å²) in [5.41, 5.74) is 6.71. The molecule has 4 nitrogen and oxygen atoms in total. The lowest BCUT2D eigenvalue weighted by Gasteiger charge is -2.22. The van der Waals surface area contributed by atoms with Gasteiger partial charge in [0.15, 0.2) is 0 Å². The first-order valence-electron chi connectivity index (χ1n) is 4.88. The zero-order valence-electron chi connectivity index (χ0n) is 9.27. The average molecular weight is 287 g/mol. The van der Waals surface area contributed by atoms with E-state index in [4.69, 9.17) is 5.73 Å². The van der Waals surface area contributed by atoms with Crippen LogP contribution < -0.4 is 10.6 Å². The van der Waals surface area contributed by atoms with E-state index in [2.05, 4.69) is 15.9 Å². The van der Waals surface area contributed by atoms with Crippen LogP contribution in [0.2, 0.25) is 0 Å². The average Bonchev–Trinajstić information content (AvgIpc) is 2.15. The molecule has 0 bridgehead atoms. The molecule has 16 heavy (non-hydrogen) atoms. The minimum atomic E-state index is -0.585. The highest BCUT2D eigenvalue weighted by atomic mass is 79.9. The maximum atomic E-state index is 10.9. The molecule has 1 aromatic rings. The van der Waals surface area contributed by atoms with Crippen molar-refractivity contribution in [2.24, 2.45) is 5.73 Å². The number of carbonyl (C=O) groups excluding carboxylic acids is 1. The Morgan fingerprint density at radius 2 is 2.25 bits per heavy atom. The third kappa shape index (κ3) is 3.21. The van der Waals surface area contributed by atoms with Gasteiger partial charge in [0.05, 0.1) is 12.6 Å². The Hall–Kier alpha value is -1.07. The topological polar surface area (TPSA) is 66.6 Å². The van der Waals surface area contributed by atoms with Crippen LogP contribution in [0.15, 0.2) is 22.7 Å². The zero-order chi connectivity index (χ0) is 12.3. The summed E-state index contributed by atoms with van der Waals surface area (Å²) in [4.78, 5) is 12.6. The molecule has 0 aliphatic rings. The second kappa shape index (κ2) is 5.32. The summed E-state index contributed by atoms with van der Waals surface area (Å²) >= 11 is 3.36. The molecule has 0 aromatic heterocycles. The second-order valence-corrected chi connectivity index (χ2v) is 4.62. The van der Waals surface area contributed by atoms with E-state index in [1.165, 1.54) is 0 Å². The first kappa shape index (κ1) is 13.0. The van der Waals surface area contributed by atoms with Crippen molar-refractivity contribution in [2.75, 3.05) is 18.5 Å². The van der Waals surface area contributed by atoms with Gasteiger partial charge in [-0.3, -0.25) is 4.79 Å². The first-order valence-corrected chi connectivity index (χ1v) is 5.68. The largest absolute Gasteiger partial charge is 0.389 e. The van der Waals surface area contributed by atoms with Gasteiger partial charge in [0.25, 0.3) is 0 Å². The van der Waals surface area contributed by atoms with Gasteiger partial charge in [0, 0.05) is 22.8 Å². The van der Waals surface area contributed by atoms with Crippen LogP contribution in [-0.4, -0.2) is 24.6 Å². The lowest BCUT2D eigenvalue weighted by atomic mass is 10.1. The monoisotopic (exact) mass is 286 g/mol. The minimum Gasteiger partial charge on any atom is -0.389 e. The Labute approximate surface area is 103 Å². The molecule has 1 rings (SSSR count). The molecule has 1 aromatic carbocycles. The third-order valence-corrected chi connectivity index (χ3v) is 2.74. The van der Waals surface area contributed by atoms with Crippen LogP contribution >= 0.6 is 15.9 Å². The van der Waals surface area contributed by atoms with Gasteiger partial charge in [-0.2, -0.15) is 0 Å². The summed E-state index contributed by atoms with van der Waals surface area (Å²) < 4.78 is 0.892. The van der Waals surface area contributed by atoms with Gasteiger partial charge >= 0.3 is 0 Å². The molecule has 0 aliphatic carbocycles. The van der Waals surface area contributed by atoms with Crippen molar-refractivity contribution < 1.29 is 9.90 Å². The lowest BCUT2D eigenvalue weighted by molar-refractivity contribution is -0.116.